The molecule has 7 rings (SSSR count). The minimum absolute atomic E-state index is 0.0840. The summed E-state index contributed by atoms with van der Waals surface area (Å²) in [6, 6.07) is 23.4. The van der Waals surface area contributed by atoms with Crippen LogP contribution in [0.5, 0.6) is 11.5 Å². The van der Waals surface area contributed by atoms with Gasteiger partial charge < -0.3 is 9.47 Å². The molecule has 0 fully saturated rings. The van der Waals surface area contributed by atoms with E-state index in [0.29, 0.717) is 28.5 Å². The number of hydrogen-bond acceptors (Lipinski definition) is 6. The molecule has 0 saturated heterocycles. The van der Waals surface area contributed by atoms with Gasteiger partial charge in [0, 0.05) is 17.3 Å². The van der Waals surface area contributed by atoms with E-state index < -0.39 is 0 Å². The first-order chi connectivity index (χ1) is 17.2. The fourth-order valence-electron chi connectivity index (χ4n) is 4.37. The third-order valence-corrected chi connectivity index (χ3v) is 6.98. The van der Waals surface area contributed by atoms with Crippen LogP contribution >= 0.6 is 11.3 Å². The third-order valence-electron chi connectivity index (χ3n) is 6.01. The minimum Gasteiger partial charge on any atom is -0.486 e. The summed E-state index contributed by atoms with van der Waals surface area (Å²) in [6.45, 7) is 1.05. The molecule has 4 heterocycles. The van der Waals surface area contributed by atoms with Crippen molar-refractivity contribution < 1.29 is 9.47 Å². The molecule has 35 heavy (non-hydrogen) atoms. The van der Waals surface area contributed by atoms with Crippen molar-refractivity contribution >= 4 is 33.4 Å². The number of imidazole rings is 1. The molecule has 0 amide bonds. The average molecular weight is 479 g/mol. The highest BCUT2D eigenvalue weighted by atomic mass is 32.1. The number of ether oxygens (including phenoxy) is 2. The van der Waals surface area contributed by atoms with Gasteiger partial charge in [0.25, 0.3) is 5.56 Å². The maximum absolute atomic E-state index is 13.4. The van der Waals surface area contributed by atoms with E-state index in [0.717, 1.165) is 39.3 Å². The smallest absolute Gasteiger partial charge is 0.274 e. The van der Waals surface area contributed by atoms with Gasteiger partial charge in [-0.1, -0.05) is 41.7 Å². The standard InChI is InChI=1S/C27H18N4O3S/c32-26-24(35-27-28-20-8-4-5-9-21(20)31(26)27)15-18-16-30(19-6-2-1-3-7-19)29-25(18)17-10-11-22-23(14-17)34-13-12-33-22/h1-11,14-16H,12-13H2/b24-15+. The summed E-state index contributed by atoms with van der Waals surface area (Å²) in [4.78, 5) is 18.7. The number of nitrogens with zero attached hydrogens (tertiary/aromatic N) is 4. The van der Waals surface area contributed by atoms with Crippen molar-refractivity contribution in [2.24, 2.45) is 0 Å². The molecule has 0 saturated carbocycles. The predicted octanol–water partition coefficient (Wildman–Crippen LogP) is 4.08. The van der Waals surface area contributed by atoms with E-state index in [4.69, 9.17) is 14.6 Å². The van der Waals surface area contributed by atoms with Gasteiger partial charge in [-0.15, -0.1) is 0 Å². The van der Waals surface area contributed by atoms with Crippen LogP contribution in [0.3, 0.4) is 0 Å². The van der Waals surface area contributed by atoms with Crippen LogP contribution < -0.4 is 19.6 Å². The van der Waals surface area contributed by atoms with Crippen LogP contribution in [0.1, 0.15) is 5.56 Å². The van der Waals surface area contributed by atoms with Crippen LogP contribution in [0.2, 0.25) is 0 Å². The monoisotopic (exact) mass is 478 g/mol. The van der Waals surface area contributed by atoms with Crippen LogP contribution in [0, 0.1) is 0 Å². The quantitative estimate of drug-likeness (QED) is 0.383. The van der Waals surface area contributed by atoms with Crippen LogP contribution in [0.25, 0.3) is 39.0 Å². The number of hydrogen-bond donors (Lipinski definition) is 0. The van der Waals surface area contributed by atoms with E-state index in [-0.39, 0.29) is 5.56 Å². The Hall–Kier alpha value is -4.43. The van der Waals surface area contributed by atoms with Gasteiger partial charge in [0.2, 0.25) is 0 Å². The first kappa shape index (κ1) is 20.0. The molecule has 1 aliphatic rings. The highest BCUT2D eigenvalue weighted by Crippen LogP contribution is 2.35. The molecular formula is C27H18N4O3S. The molecule has 8 heteroatoms. The van der Waals surface area contributed by atoms with Crippen molar-refractivity contribution in [1.29, 1.82) is 0 Å². The number of para-hydroxylation sites is 3. The molecule has 0 N–H and O–H groups in total. The van der Waals surface area contributed by atoms with E-state index in [2.05, 4.69) is 4.98 Å². The lowest BCUT2D eigenvalue weighted by Crippen LogP contribution is -2.22. The zero-order valence-corrected chi connectivity index (χ0v) is 19.2. The molecule has 0 radical (unpaired) electrons. The number of fused-ring (bicyclic) bond motifs is 4. The molecule has 3 aromatic heterocycles. The summed E-state index contributed by atoms with van der Waals surface area (Å²) in [5.74, 6) is 1.42. The second kappa shape index (κ2) is 7.82. The summed E-state index contributed by atoms with van der Waals surface area (Å²) in [6.07, 6.45) is 3.84. The predicted molar refractivity (Wildman–Crippen MR) is 136 cm³/mol. The fourth-order valence-corrected chi connectivity index (χ4v) is 5.35. The van der Waals surface area contributed by atoms with Gasteiger partial charge in [0.15, 0.2) is 16.5 Å². The summed E-state index contributed by atoms with van der Waals surface area (Å²) in [7, 11) is 0. The van der Waals surface area contributed by atoms with E-state index in [1.165, 1.54) is 11.3 Å². The van der Waals surface area contributed by atoms with E-state index >= 15 is 0 Å². The Labute approximate surface area is 203 Å². The average Bonchev–Trinajstić information content (AvgIpc) is 3.57. The molecule has 0 unspecified atom stereocenters. The van der Waals surface area contributed by atoms with Gasteiger partial charge in [-0.05, 0) is 48.5 Å². The lowest BCUT2D eigenvalue weighted by Gasteiger charge is -2.18. The van der Waals surface area contributed by atoms with Gasteiger partial charge >= 0.3 is 0 Å². The van der Waals surface area contributed by atoms with Crippen LogP contribution in [-0.4, -0.2) is 32.4 Å². The molecule has 0 atom stereocenters. The second-order valence-corrected chi connectivity index (χ2v) is 9.22. The van der Waals surface area contributed by atoms with E-state index in [9.17, 15) is 4.79 Å². The Bertz CT molecular complexity index is 1840. The largest absolute Gasteiger partial charge is 0.486 e. The van der Waals surface area contributed by atoms with E-state index in [1.54, 1.807) is 4.40 Å². The van der Waals surface area contributed by atoms with Gasteiger partial charge in [-0.2, -0.15) is 5.10 Å². The molecule has 0 spiro atoms. The second-order valence-electron chi connectivity index (χ2n) is 8.21. The van der Waals surface area contributed by atoms with Crippen molar-refractivity contribution in [2.45, 2.75) is 0 Å². The Morgan fingerprint density at radius 3 is 2.60 bits per heavy atom. The molecule has 170 valence electrons. The third kappa shape index (κ3) is 3.30. The summed E-state index contributed by atoms with van der Waals surface area (Å²) in [5, 5.41) is 4.89. The maximum Gasteiger partial charge on any atom is 0.274 e. The van der Waals surface area contributed by atoms with Gasteiger partial charge in [0.05, 0.1) is 21.3 Å². The van der Waals surface area contributed by atoms with Crippen molar-refractivity contribution in [3.63, 3.8) is 0 Å². The van der Waals surface area contributed by atoms with Crippen molar-refractivity contribution in [1.82, 2.24) is 19.2 Å². The van der Waals surface area contributed by atoms with Crippen LogP contribution in [-0.2, 0) is 0 Å². The fraction of sp³-hybridized carbons (Fsp3) is 0.0741. The molecule has 7 nitrogen and oxygen atoms in total. The molecule has 0 aliphatic carbocycles. The molecule has 1 aliphatic heterocycles. The highest BCUT2D eigenvalue weighted by Gasteiger charge is 2.17. The molecule has 3 aromatic carbocycles. The number of benzene rings is 3. The Kier molecular flexibility index (Phi) is 4.46. The molecular weight excluding hydrogens is 460 g/mol. The van der Waals surface area contributed by atoms with Crippen LogP contribution in [0.4, 0.5) is 0 Å². The first-order valence-electron chi connectivity index (χ1n) is 11.2. The van der Waals surface area contributed by atoms with Crippen molar-refractivity contribution in [3.8, 4) is 28.4 Å². The van der Waals surface area contributed by atoms with E-state index in [1.807, 2.05) is 89.8 Å². The zero-order valence-electron chi connectivity index (χ0n) is 18.4. The first-order valence-corrected chi connectivity index (χ1v) is 12.0. The highest BCUT2D eigenvalue weighted by molar-refractivity contribution is 7.15. The Morgan fingerprint density at radius 2 is 1.71 bits per heavy atom. The summed E-state index contributed by atoms with van der Waals surface area (Å²) in [5.41, 5.74) is 4.94. The van der Waals surface area contributed by atoms with Gasteiger partial charge in [0.1, 0.15) is 18.9 Å². The van der Waals surface area contributed by atoms with Gasteiger partial charge in [-0.3, -0.25) is 4.79 Å². The Balaban J connectivity index is 1.44. The number of rotatable bonds is 3. The molecule has 6 aromatic rings. The van der Waals surface area contributed by atoms with Crippen LogP contribution in [0.15, 0.2) is 83.8 Å². The van der Waals surface area contributed by atoms with Crippen molar-refractivity contribution in [2.75, 3.05) is 13.2 Å². The molecule has 0 bridgehead atoms. The SMILES string of the molecule is O=c1/c(=C\c2cn(-c3ccccc3)nc2-c2ccc3c(c2)OCCO3)sc2nc3ccccc3n12. The number of aromatic nitrogens is 4. The summed E-state index contributed by atoms with van der Waals surface area (Å²) >= 11 is 1.38. The minimum atomic E-state index is -0.0840. The zero-order chi connectivity index (χ0) is 23.4. The topological polar surface area (TPSA) is 70.7 Å². The maximum atomic E-state index is 13.4. The van der Waals surface area contributed by atoms with Crippen molar-refractivity contribution in [3.05, 3.63) is 99.4 Å². The summed E-state index contributed by atoms with van der Waals surface area (Å²) < 4.78 is 15.6. The number of thiazole rings is 1. The van der Waals surface area contributed by atoms with Gasteiger partial charge in [-0.25, -0.2) is 14.1 Å². The lowest BCUT2D eigenvalue weighted by atomic mass is 10.1. The Morgan fingerprint density at radius 1 is 0.914 bits per heavy atom. The normalized spacial score (nSPS) is 13.7. The lowest BCUT2D eigenvalue weighted by molar-refractivity contribution is 0.171.